The molecule has 0 spiro atoms. The summed E-state index contributed by atoms with van der Waals surface area (Å²) in [6, 6.07) is 5.84. The van der Waals surface area contributed by atoms with Gasteiger partial charge >= 0.3 is 5.97 Å². The van der Waals surface area contributed by atoms with Gasteiger partial charge in [-0.05, 0) is 12.1 Å². The second-order valence-electron chi connectivity index (χ2n) is 4.31. The molecule has 22 heavy (non-hydrogen) atoms. The third-order valence-corrected chi connectivity index (χ3v) is 3.23. The van der Waals surface area contributed by atoms with Crippen LogP contribution in [0.15, 0.2) is 36.7 Å². The van der Waals surface area contributed by atoms with E-state index in [1.54, 1.807) is 12.1 Å². The summed E-state index contributed by atoms with van der Waals surface area (Å²) in [5.41, 5.74) is 0.445. The number of halogens is 2. The van der Waals surface area contributed by atoms with Crippen molar-refractivity contribution in [3.63, 3.8) is 0 Å². The normalized spacial score (nSPS) is 10.3. The second kappa shape index (κ2) is 7.87. The molecule has 0 unspecified atom stereocenters. The van der Waals surface area contributed by atoms with Gasteiger partial charge in [-0.2, -0.15) is 0 Å². The van der Waals surface area contributed by atoms with E-state index in [0.29, 0.717) is 17.7 Å². The molecule has 0 aliphatic carbocycles. The molecule has 1 heterocycles. The first-order valence-corrected chi connectivity index (χ1v) is 7.21. The molecule has 0 amide bonds. The van der Waals surface area contributed by atoms with Gasteiger partial charge in [0.05, 0.1) is 28.8 Å². The van der Waals surface area contributed by atoms with Crippen LogP contribution in [0.5, 0.6) is 11.5 Å². The Kier molecular flexibility index (Phi) is 5.86. The Balaban J connectivity index is 1.75. The summed E-state index contributed by atoms with van der Waals surface area (Å²) >= 11 is 11.8. The predicted molar refractivity (Wildman–Crippen MR) is 82.8 cm³/mol. The lowest BCUT2D eigenvalue weighted by Gasteiger charge is -2.10. The highest BCUT2D eigenvalue weighted by atomic mass is 35.5. The number of aromatic hydroxyl groups is 1. The molecule has 0 atom stereocenters. The van der Waals surface area contributed by atoms with Crippen molar-refractivity contribution < 1.29 is 19.4 Å². The average molecular weight is 342 g/mol. The lowest BCUT2D eigenvalue weighted by atomic mass is 10.3. The van der Waals surface area contributed by atoms with Crippen LogP contribution in [0, 0.1) is 0 Å². The van der Waals surface area contributed by atoms with E-state index >= 15 is 0 Å². The molecule has 0 radical (unpaired) electrons. The molecule has 116 valence electrons. The van der Waals surface area contributed by atoms with Gasteiger partial charge in [0.25, 0.3) is 0 Å². The maximum Gasteiger partial charge on any atom is 0.338 e. The van der Waals surface area contributed by atoms with Crippen molar-refractivity contribution in [2.45, 2.75) is 6.42 Å². The molecule has 0 saturated carbocycles. The number of phenols is 1. The van der Waals surface area contributed by atoms with Gasteiger partial charge in [-0.1, -0.05) is 23.2 Å². The smallest absolute Gasteiger partial charge is 0.338 e. The molecule has 0 saturated heterocycles. The summed E-state index contributed by atoms with van der Waals surface area (Å²) < 4.78 is 10.5. The summed E-state index contributed by atoms with van der Waals surface area (Å²) in [6.07, 6.45) is 3.52. The van der Waals surface area contributed by atoms with Crippen LogP contribution in [0.2, 0.25) is 10.0 Å². The van der Waals surface area contributed by atoms with Crippen LogP contribution in [-0.2, 0) is 4.74 Å². The third kappa shape index (κ3) is 4.51. The van der Waals surface area contributed by atoms with Crippen molar-refractivity contribution in [1.29, 1.82) is 0 Å². The van der Waals surface area contributed by atoms with E-state index in [0.717, 1.165) is 0 Å². The van der Waals surface area contributed by atoms with Crippen LogP contribution in [0.25, 0.3) is 0 Å². The van der Waals surface area contributed by atoms with Crippen molar-refractivity contribution in [3.05, 3.63) is 52.3 Å². The number of phenolic OH excluding ortho intramolecular Hbond substituents is 1. The van der Waals surface area contributed by atoms with E-state index in [2.05, 4.69) is 4.98 Å². The summed E-state index contributed by atoms with van der Waals surface area (Å²) in [5, 5.41) is 9.75. The van der Waals surface area contributed by atoms with E-state index in [-0.39, 0.29) is 29.0 Å². The lowest BCUT2D eigenvalue weighted by Crippen LogP contribution is -2.09. The van der Waals surface area contributed by atoms with Gasteiger partial charge in [0.15, 0.2) is 5.75 Å². The molecule has 0 fully saturated rings. The van der Waals surface area contributed by atoms with Gasteiger partial charge in [0.2, 0.25) is 0 Å². The van der Waals surface area contributed by atoms with E-state index in [1.165, 1.54) is 24.5 Å². The Morgan fingerprint density at radius 3 is 2.41 bits per heavy atom. The molecule has 0 aliphatic heterocycles. The van der Waals surface area contributed by atoms with E-state index in [1.807, 2.05) is 0 Å². The molecule has 5 nitrogen and oxygen atoms in total. The number of hydrogen-bond acceptors (Lipinski definition) is 5. The van der Waals surface area contributed by atoms with E-state index < -0.39 is 5.97 Å². The van der Waals surface area contributed by atoms with Crippen LogP contribution in [0.4, 0.5) is 0 Å². The minimum Gasteiger partial charge on any atom is -0.508 e. The van der Waals surface area contributed by atoms with Gasteiger partial charge < -0.3 is 14.6 Å². The number of hydrogen-bond donors (Lipinski definition) is 1. The Morgan fingerprint density at radius 2 is 1.77 bits per heavy atom. The standard InChI is InChI=1S/C15H13Cl2NO4/c16-12-8-11(19)9-13(17)14(12)21-6-1-7-22-15(20)10-2-4-18-5-3-10/h2-5,8-9,19H,1,6-7H2. The highest BCUT2D eigenvalue weighted by Crippen LogP contribution is 2.36. The quantitative estimate of drug-likeness (QED) is 0.640. The zero-order chi connectivity index (χ0) is 15.9. The van der Waals surface area contributed by atoms with Crippen LogP contribution in [-0.4, -0.2) is 29.3 Å². The summed E-state index contributed by atoms with van der Waals surface area (Å²) in [5.74, 6) is -0.154. The van der Waals surface area contributed by atoms with Crippen molar-refractivity contribution in [2.75, 3.05) is 13.2 Å². The Labute approximate surface area is 137 Å². The van der Waals surface area contributed by atoms with Gasteiger partial charge in [0.1, 0.15) is 5.75 Å². The highest BCUT2D eigenvalue weighted by Gasteiger charge is 2.10. The number of esters is 1. The van der Waals surface area contributed by atoms with Gasteiger partial charge in [0, 0.05) is 30.9 Å². The molecule has 7 heteroatoms. The van der Waals surface area contributed by atoms with Crippen LogP contribution in [0.1, 0.15) is 16.8 Å². The molecular formula is C15H13Cl2NO4. The molecule has 2 aromatic rings. The molecular weight excluding hydrogens is 329 g/mol. The van der Waals surface area contributed by atoms with Crippen LogP contribution >= 0.6 is 23.2 Å². The number of carbonyl (C=O) groups is 1. The number of benzene rings is 1. The number of pyridine rings is 1. The van der Waals surface area contributed by atoms with Crippen molar-refractivity contribution in [2.24, 2.45) is 0 Å². The largest absolute Gasteiger partial charge is 0.508 e. The van der Waals surface area contributed by atoms with Gasteiger partial charge in [-0.3, -0.25) is 4.98 Å². The number of nitrogens with zero attached hydrogens (tertiary/aromatic N) is 1. The molecule has 0 aliphatic rings. The van der Waals surface area contributed by atoms with E-state index in [4.69, 9.17) is 32.7 Å². The third-order valence-electron chi connectivity index (χ3n) is 2.67. The summed E-state index contributed by atoms with van der Waals surface area (Å²) in [6.45, 7) is 0.475. The number of carbonyl (C=O) groups excluding carboxylic acids is 1. The van der Waals surface area contributed by atoms with Gasteiger partial charge in [-0.25, -0.2) is 4.79 Å². The first-order valence-electron chi connectivity index (χ1n) is 6.46. The Morgan fingerprint density at radius 1 is 1.14 bits per heavy atom. The second-order valence-corrected chi connectivity index (χ2v) is 5.13. The first kappa shape index (κ1) is 16.4. The average Bonchev–Trinajstić information content (AvgIpc) is 2.49. The van der Waals surface area contributed by atoms with Gasteiger partial charge in [-0.15, -0.1) is 0 Å². The molecule has 0 bridgehead atoms. The fraction of sp³-hybridized carbons (Fsp3) is 0.200. The molecule has 1 aromatic carbocycles. The lowest BCUT2D eigenvalue weighted by molar-refractivity contribution is 0.0486. The summed E-state index contributed by atoms with van der Waals surface area (Å²) in [4.78, 5) is 15.5. The zero-order valence-electron chi connectivity index (χ0n) is 11.5. The van der Waals surface area contributed by atoms with Crippen LogP contribution in [0.3, 0.4) is 0 Å². The number of aromatic nitrogens is 1. The van der Waals surface area contributed by atoms with Crippen molar-refractivity contribution >= 4 is 29.2 Å². The van der Waals surface area contributed by atoms with Crippen molar-refractivity contribution in [3.8, 4) is 11.5 Å². The first-order chi connectivity index (χ1) is 10.6. The maximum absolute atomic E-state index is 11.7. The molecule has 2 rings (SSSR count). The molecule has 1 N–H and O–H groups in total. The fourth-order valence-electron chi connectivity index (χ4n) is 1.65. The zero-order valence-corrected chi connectivity index (χ0v) is 13.0. The minimum atomic E-state index is -0.414. The minimum absolute atomic E-state index is 0.0337. The van der Waals surface area contributed by atoms with E-state index in [9.17, 15) is 9.90 Å². The predicted octanol–water partition coefficient (Wildman–Crippen LogP) is 3.72. The molecule has 1 aromatic heterocycles. The number of rotatable bonds is 6. The SMILES string of the molecule is O=C(OCCCOc1c(Cl)cc(O)cc1Cl)c1ccncc1. The fourth-order valence-corrected chi connectivity index (χ4v) is 2.24. The Hall–Kier alpha value is -1.98. The topological polar surface area (TPSA) is 68.7 Å². The summed E-state index contributed by atoms with van der Waals surface area (Å²) in [7, 11) is 0. The Bertz CT molecular complexity index is 626. The number of ether oxygens (including phenoxy) is 2. The van der Waals surface area contributed by atoms with Crippen LogP contribution < -0.4 is 4.74 Å². The van der Waals surface area contributed by atoms with Crippen molar-refractivity contribution in [1.82, 2.24) is 4.98 Å². The highest BCUT2D eigenvalue weighted by molar-refractivity contribution is 6.37. The monoisotopic (exact) mass is 341 g/mol. The maximum atomic E-state index is 11.7.